The molecule has 2 rings (SSSR count). The molecule has 1 aliphatic heterocycles. The van der Waals surface area contributed by atoms with E-state index >= 15 is 0 Å². The van der Waals surface area contributed by atoms with Crippen LogP contribution in [-0.4, -0.2) is 42.9 Å². The van der Waals surface area contributed by atoms with Crippen molar-refractivity contribution in [2.45, 2.75) is 45.6 Å². The van der Waals surface area contributed by atoms with Crippen LogP contribution in [0.15, 0.2) is 18.2 Å². The first kappa shape index (κ1) is 19.8. The molecular weight excluding hydrogens is 328 g/mol. The van der Waals surface area contributed by atoms with Gasteiger partial charge in [-0.15, -0.1) is 0 Å². The van der Waals surface area contributed by atoms with E-state index in [0.29, 0.717) is 38.4 Å². The molecule has 0 radical (unpaired) electrons. The number of halogens is 2. The lowest BCUT2D eigenvalue weighted by molar-refractivity contribution is -0.152. The quantitative estimate of drug-likeness (QED) is 0.755. The van der Waals surface area contributed by atoms with Crippen molar-refractivity contribution < 1.29 is 23.0 Å². The van der Waals surface area contributed by atoms with E-state index in [1.54, 1.807) is 13.0 Å². The number of esters is 1. The molecular formula is C19H27F2NO3. The second-order valence-corrected chi connectivity index (χ2v) is 7.39. The molecule has 0 spiro atoms. The summed E-state index contributed by atoms with van der Waals surface area (Å²) >= 11 is 0. The number of benzene rings is 1. The molecule has 1 aromatic carbocycles. The van der Waals surface area contributed by atoms with Gasteiger partial charge in [0, 0.05) is 19.0 Å². The number of likely N-dealkylation sites (tertiary alicyclic amines) is 1. The van der Waals surface area contributed by atoms with Gasteiger partial charge in [-0.3, -0.25) is 9.69 Å². The monoisotopic (exact) mass is 355 g/mol. The van der Waals surface area contributed by atoms with Crippen LogP contribution in [0.2, 0.25) is 0 Å². The molecule has 4 nitrogen and oxygen atoms in total. The van der Waals surface area contributed by atoms with E-state index in [1.165, 1.54) is 6.07 Å². The molecule has 0 aliphatic carbocycles. The summed E-state index contributed by atoms with van der Waals surface area (Å²) in [5.74, 6) is -2.70. The minimum absolute atomic E-state index is 0.258. The first-order valence-corrected chi connectivity index (χ1v) is 8.69. The molecule has 1 saturated heterocycles. The fraction of sp³-hybridized carbons (Fsp3) is 0.632. The van der Waals surface area contributed by atoms with Crippen LogP contribution < -0.4 is 0 Å². The predicted octanol–water partition coefficient (Wildman–Crippen LogP) is 3.71. The summed E-state index contributed by atoms with van der Waals surface area (Å²) < 4.78 is 38.0. The number of carbonyl (C=O) groups is 1. The zero-order chi connectivity index (χ0) is 18.6. The van der Waals surface area contributed by atoms with Gasteiger partial charge in [-0.25, -0.2) is 8.78 Å². The van der Waals surface area contributed by atoms with Crippen molar-refractivity contribution in [1.29, 1.82) is 0 Å². The van der Waals surface area contributed by atoms with Crippen molar-refractivity contribution in [2.24, 2.45) is 5.92 Å². The number of carbonyl (C=O) groups excluding carboxylic acids is 1. The number of ether oxygens (including phenoxy) is 2. The van der Waals surface area contributed by atoms with Crippen LogP contribution >= 0.6 is 0 Å². The van der Waals surface area contributed by atoms with Crippen LogP contribution in [0.25, 0.3) is 0 Å². The second kappa shape index (κ2) is 8.23. The zero-order valence-corrected chi connectivity index (χ0v) is 15.4. The highest BCUT2D eigenvalue weighted by Crippen LogP contribution is 2.34. The summed E-state index contributed by atoms with van der Waals surface area (Å²) in [6.07, 6.45) is 0.593. The van der Waals surface area contributed by atoms with E-state index in [4.69, 9.17) is 9.47 Å². The van der Waals surface area contributed by atoms with Crippen LogP contribution in [0, 0.1) is 17.6 Å². The Labute approximate surface area is 148 Å². The van der Waals surface area contributed by atoms with Gasteiger partial charge in [-0.2, -0.15) is 0 Å². The molecule has 25 heavy (non-hydrogen) atoms. The Hall–Kier alpha value is -1.53. The third-order valence-corrected chi connectivity index (χ3v) is 4.34. The van der Waals surface area contributed by atoms with Crippen LogP contribution in [0.1, 0.15) is 45.6 Å². The maximum Gasteiger partial charge on any atom is 0.309 e. The summed E-state index contributed by atoms with van der Waals surface area (Å²) in [5.41, 5.74) is 0.340. The molecule has 2 unspecified atom stereocenters. The van der Waals surface area contributed by atoms with Crippen molar-refractivity contribution in [3.8, 4) is 0 Å². The van der Waals surface area contributed by atoms with E-state index in [0.717, 1.165) is 6.07 Å². The minimum atomic E-state index is -0.900. The van der Waals surface area contributed by atoms with Crippen molar-refractivity contribution in [3.63, 3.8) is 0 Å². The van der Waals surface area contributed by atoms with Crippen LogP contribution in [-0.2, 0) is 14.3 Å². The van der Waals surface area contributed by atoms with Crippen LogP contribution in [0.3, 0.4) is 0 Å². The maximum atomic E-state index is 13.7. The average Bonchev–Trinajstić information content (AvgIpc) is 2.55. The van der Waals surface area contributed by atoms with E-state index in [2.05, 4.69) is 4.90 Å². The van der Waals surface area contributed by atoms with E-state index < -0.39 is 11.6 Å². The minimum Gasteiger partial charge on any atom is -0.466 e. The SMILES string of the molecule is CCOC(=O)C1CCN(COC(C)(C)C)CC1c1ccc(F)c(F)c1. The Morgan fingerprint density at radius 1 is 1.28 bits per heavy atom. The van der Waals surface area contributed by atoms with Crippen molar-refractivity contribution in [2.75, 3.05) is 26.4 Å². The zero-order valence-electron chi connectivity index (χ0n) is 15.4. The van der Waals surface area contributed by atoms with Gasteiger partial charge in [0.25, 0.3) is 0 Å². The summed E-state index contributed by atoms with van der Waals surface area (Å²) in [6, 6.07) is 3.83. The smallest absolute Gasteiger partial charge is 0.309 e. The predicted molar refractivity (Wildman–Crippen MR) is 91.1 cm³/mol. The fourth-order valence-electron chi connectivity index (χ4n) is 3.03. The maximum absolute atomic E-state index is 13.7. The lowest BCUT2D eigenvalue weighted by Gasteiger charge is -2.38. The number of piperidine rings is 1. The molecule has 1 aliphatic rings. The molecule has 1 aromatic rings. The number of nitrogens with zero attached hydrogens (tertiary/aromatic N) is 1. The standard InChI is InChI=1S/C19H27F2NO3/c1-5-24-18(23)14-8-9-22(12-25-19(2,3)4)11-15(14)13-6-7-16(20)17(21)10-13/h6-7,10,14-15H,5,8-9,11-12H2,1-4H3. The summed E-state index contributed by atoms with van der Waals surface area (Å²) in [7, 11) is 0. The highest BCUT2D eigenvalue weighted by atomic mass is 19.2. The number of rotatable bonds is 5. The molecule has 0 N–H and O–H groups in total. The summed E-state index contributed by atoms with van der Waals surface area (Å²) in [6.45, 7) is 9.65. The largest absolute Gasteiger partial charge is 0.466 e. The Bertz CT molecular complexity index is 601. The van der Waals surface area contributed by atoms with Gasteiger partial charge in [-0.1, -0.05) is 6.07 Å². The normalized spacial score (nSPS) is 22.0. The van der Waals surface area contributed by atoms with Gasteiger partial charge in [0.2, 0.25) is 0 Å². The van der Waals surface area contributed by atoms with Crippen molar-refractivity contribution in [1.82, 2.24) is 4.90 Å². The first-order valence-electron chi connectivity index (χ1n) is 8.69. The third kappa shape index (κ3) is 5.47. The molecule has 1 heterocycles. The van der Waals surface area contributed by atoms with Gasteiger partial charge in [0.05, 0.1) is 24.9 Å². The van der Waals surface area contributed by atoms with Gasteiger partial charge < -0.3 is 9.47 Å². The molecule has 0 bridgehead atoms. The Morgan fingerprint density at radius 3 is 2.60 bits per heavy atom. The Balaban J connectivity index is 2.19. The molecule has 0 amide bonds. The Kier molecular flexibility index (Phi) is 6.52. The molecule has 0 saturated carbocycles. The molecule has 0 aromatic heterocycles. The highest BCUT2D eigenvalue weighted by molar-refractivity contribution is 5.74. The van der Waals surface area contributed by atoms with E-state index in [-0.39, 0.29) is 23.4 Å². The van der Waals surface area contributed by atoms with Crippen molar-refractivity contribution >= 4 is 5.97 Å². The molecule has 2 atom stereocenters. The van der Waals surface area contributed by atoms with E-state index in [9.17, 15) is 13.6 Å². The average molecular weight is 355 g/mol. The molecule has 6 heteroatoms. The summed E-state index contributed by atoms with van der Waals surface area (Å²) in [4.78, 5) is 14.4. The highest BCUT2D eigenvalue weighted by Gasteiger charge is 2.36. The first-order chi connectivity index (χ1) is 11.7. The Morgan fingerprint density at radius 2 is 2.00 bits per heavy atom. The van der Waals surface area contributed by atoms with Gasteiger partial charge in [0.15, 0.2) is 11.6 Å². The third-order valence-electron chi connectivity index (χ3n) is 4.34. The van der Waals surface area contributed by atoms with Gasteiger partial charge >= 0.3 is 5.97 Å². The number of hydrogen-bond acceptors (Lipinski definition) is 4. The topological polar surface area (TPSA) is 38.8 Å². The summed E-state index contributed by atoms with van der Waals surface area (Å²) in [5, 5.41) is 0. The lowest BCUT2D eigenvalue weighted by atomic mass is 9.80. The number of hydrogen-bond donors (Lipinski definition) is 0. The van der Waals surface area contributed by atoms with Crippen LogP contribution in [0.4, 0.5) is 8.78 Å². The lowest BCUT2D eigenvalue weighted by Crippen LogP contribution is -2.44. The van der Waals surface area contributed by atoms with E-state index in [1.807, 2.05) is 20.8 Å². The van der Waals surface area contributed by atoms with Crippen LogP contribution in [0.5, 0.6) is 0 Å². The van der Waals surface area contributed by atoms with Gasteiger partial charge in [0.1, 0.15) is 0 Å². The fourth-order valence-corrected chi connectivity index (χ4v) is 3.03. The molecule has 140 valence electrons. The van der Waals surface area contributed by atoms with Crippen molar-refractivity contribution in [3.05, 3.63) is 35.4 Å². The second-order valence-electron chi connectivity index (χ2n) is 7.39. The molecule has 1 fully saturated rings. The van der Waals surface area contributed by atoms with Gasteiger partial charge in [-0.05, 0) is 51.8 Å².